The van der Waals surface area contributed by atoms with E-state index >= 15 is 0 Å². The van der Waals surface area contributed by atoms with E-state index in [9.17, 15) is 4.39 Å². The largest absolute Gasteiger partial charge is 0.454 e. The fourth-order valence-electron chi connectivity index (χ4n) is 1.96. The standard InChI is InChI=1S/C16H12FNO2/c17-14-8-11(10-19)3-6-16(14)20-13-5-4-12-2-1-7-18-15(12)9-13/h1-9,19H,10H2. The molecule has 0 spiro atoms. The van der Waals surface area contributed by atoms with Gasteiger partial charge >= 0.3 is 0 Å². The number of hydrogen-bond acceptors (Lipinski definition) is 3. The van der Waals surface area contributed by atoms with Crippen LogP contribution in [-0.2, 0) is 6.61 Å². The van der Waals surface area contributed by atoms with Crippen molar-refractivity contribution in [3.05, 3.63) is 66.1 Å². The minimum absolute atomic E-state index is 0.123. The summed E-state index contributed by atoms with van der Waals surface area (Å²) in [5.41, 5.74) is 1.30. The summed E-state index contributed by atoms with van der Waals surface area (Å²) < 4.78 is 19.3. The summed E-state index contributed by atoms with van der Waals surface area (Å²) in [4.78, 5) is 4.23. The molecule has 0 saturated heterocycles. The lowest BCUT2D eigenvalue weighted by Crippen LogP contribution is -1.91. The third kappa shape index (κ3) is 2.46. The zero-order chi connectivity index (χ0) is 13.9. The van der Waals surface area contributed by atoms with Gasteiger partial charge in [0.1, 0.15) is 5.75 Å². The number of aliphatic hydroxyl groups excluding tert-OH is 1. The Bertz CT molecular complexity index is 758. The average Bonchev–Trinajstić information content (AvgIpc) is 2.49. The van der Waals surface area contributed by atoms with E-state index < -0.39 is 5.82 Å². The smallest absolute Gasteiger partial charge is 0.166 e. The maximum absolute atomic E-state index is 13.8. The number of pyridine rings is 1. The minimum atomic E-state index is -0.502. The maximum atomic E-state index is 13.8. The van der Waals surface area contributed by atoms with Gasteiger partial charge in [0.2, 0.25) is 0 Å². The SMILES string of the molecule is OCc1ccc(Oc2ccc3cccnc3c2)c(F)c1. The van der Waals surface area contributed by atoms with E-state index in [-0.39, 0.29) is 12.4 Å². The lowest BCUT2D eigenvalue weighted by molar-refractivity contribution is 0.281. The van der Waals surface area contributed by atoms with E-state index in [0.717, 1.165) is 10.9 Å². The molecule has 3 aromatic rings. The van der Waals surface area contributed by atoms with Crippen LogP contribution in [0.3, 0.4) is 0 Å². The summed E-state index contributed by atoms with van der Waals surface area (Å²) in [6, 6.07) is 13.6. The maximum Gasteiger partial charge on any atom is 0.166 e. The molecule has 1 heterocycles. The van der Waals surface area contributed by atoms with Crippen molar-refractivity contribution in [1.82, 2.24) is 4.98 Å². The first-order valence-corrected chi connectivity index (χ1v) is 6.18. The van der Waals surface area contributed by atoms with Gasteiger partial charge in [-0.1, -0.05) is 12.1 Å². The molecule has 3 nitrogen and oxygen atoms in total. The van der Waals surface area contributed by atoms with Crippen LogP contribution in [0.15, 0.2) is 54.7 Å². The summed E-state index contributed by atoms with van der Waals surface area (Å²) in [6.45, 7) is -0.197. The van der Waals surface area contributed by atoms with Crippen LogP contribution < -0.4 is 4.74 Å². The van der Waals surface area contributed by atoms with Crippen LogP contribution in [0, 0.1) is 5.82 Å². The van der Waals surface area contributed by atoms with Crippen molar-refractivity contribution in [2.75, 3.05) is 0 Å². The number of aliphatic hydroxyl groups is 1. The van der Waals surface area contributed by atoms with Crippen LogP contribution in [0.5, 0.6) is 11.5 Å². The highest BCUT2D eigenvalue weighted by Gasteiger charge is 2.06. The topological polar surface area (TPSA) is 42.4 Å². The van der Waals surface area contributed by atoms with Gasteiger partial charge < -0.3 is 9.84 Å². The Morgan fingerprint density at radius 2 is 2.00 bits per heavy atom. The monoisotopic (exact) mass is 269 g/mol. The first-order valence-electron chi connectivity index (χ1n) is 6.18. The Labute approximate surface area is 115 Å². The Balaban J connectivity index is 1.92. The molecule has 1 aromatic heterocycles. The van der Waals surface area contributed by atoms with Crippen LogP contribution >= 0.6 is 0 Å². The Kier molecular flexibility index (Phi) is 3.31. The normalized spacial score (nSPS) is 10.7. The zero-order valence-corrected chi connectivity index (χ0v) is 10.6. The van der Waals surface area contributed by atoms with E-state index in [1.54, 1.807) is 24.4 Å². The van der Waals surface area contributed by atoms with Crippen LogP contribution in [0.1, 0.15) is 5.56 Å². The Morgan fingerprint density at radius 1 is 1.10 bits per heavy atom. The highest BCUT2D eigenvalue weighted by molar-refractivity contribution is 5.79. The average molecular weight is 269 g/mol. The number of aromatic nitrogens is 1. The number of ether oxygens (including phenoxy) is 1. The van der Waals surface area contributed by atoms with Gasteiger partial charge in [0.05, 0.1) is 12.1 Å². The first-order chi connectivity index (χ1) is 9.76. The molecule has 0 unspecified atom stereocenters. The molecule has 100 valence electrons. The Morgan fingerprint density at radius 3 is 2.80 bits per heavy atom. The van der Waals surface area contributed by atoms with Gasteiger partial charge in [0.25, 0.3) is 0 Å². The van der Waals surface area contributed by atoms with Crippen molar-refractivity contribution in [2.24, 2.45) is 0 Å². The van der Waals surface area contributed by atoms with E-state index in [1.807, 2.05) is 18.2 Å². The number of benzene rings is 2. The fourth-order valence-corrected chi connectivity index (χ4v) is 1.96. The molecule has 0 radical (unpaired) electrons. The second-order valence-electron chi connectivity index (χ2n) is 4.38. The molecule has 0 saturated carbocycles. The molecule has 0 atom stereocenters. The van der Waals surface area contributed by atoms with Crippen molar-refractivity contribution in [1.29, 1.82) is 0 Å². The van der Waals surface area contributed by atoms with Crippen molar-refractivity contribution in [3.63, 3.8) is 0 Å². The Hall–Kier alpha value is -2.46. The lowest BCUT2D eigenvalue weighted by atomic mass is 10.2. The van der Waals surface area contributed by atoms with Crippen LogP contribution in [0.25, 0.3) is 10.9 Å². The van der Waals surface area contributed by atoms with Crippen molar-refractivity contribution in [2.45, 2.75) is 6.61 Å². The molecule has 0 aliphatic heterocycles. The summed E-state index contributed by atoms with van der Waals surface area (Å²) in [5, 5.41) is 9.94. The van der Waals surface area contributed by atoms with Gasteiger partial charge in [0, 0.05) is 17.6 Å². The van der Waals surface area contributed by atoms with Crippen molar-refractivity contribution in [3.8, 4) is 11.5 Å². The molecule has 0 aliphatic carbocycles. The van der Waals surface area contributed by atoms with Gasteiger partial charge in [-0.3, -0.25) is 4.98 Å². The van der Waals surface area contributed by atoms with Crippen LogP contribution in [0.2, 0.25) is 0 Å². The van der Waals surface area contributed by atoms with Gasteiger partial charge in [-0.05, 0) is 35.9 Å². The molecule has 1 N–H and O–H groups in total. The van der Waals surface area contributed by atoms with Crippen LogP contribution in [-0.4, -0.2) is 10.1 Å². The molecule has 0 amide bonds. The molecule has 20 heavy (non-hydrogen) atoms. The summed E-state index contributed by atoms with van der Waals surface area (Å²) in [7, 11) is 0. The highest BCUT2D eigenvalue weighted by atomic mass is 19.1. The van der Waals surface area contributed by atoms with E-state index in [0.29, 0.717) is 11.3 Å². The predicted octanol–water partition coefficient (Wildman–Crippen LogP) is 3.66. The fraction of sp³-hybridized carbons (Fsp3) is 0.0625. The molecule has 3 rings (SSSR count). The summed E-state index contributed by atoms with van der Waals surface area (Å²) in [5.74, 6) is 0.141. The molecule has 0 fully saturated rings. The van der Waals surface area contributed by atoms with E-state index in [4.69, 9.17) is 9.84 Å². The summed E-state index contributed by atoms with van der Waals surface area (Å²) >= 11 is 0. The number of hydrogen-bond donors (Lipinski definition) is 1. The first kappa shape index (κ1) is 12.6. The van der Waals surface area contributed by atoms with E-state index in [2.05, 4.69) is 4.98 Å². The molecular weight excluding hydrogens is 257 g/mol. The van der Waals surface area contributed by atoms with Crippen molar-refractivity contribution >= 4 is 10.9 Å². The number of fused-ring (bicyclic) bond motifs is 1. The second kappa shape index (κ2) is 5.27. The predicted molar refractivity (Wildman–Crippen MR) is 74.1 cm³/mol. The minimum Gasteiger partial charge on any atom is -0.454 e. The number of rotatable bonds is 3. The molecule has 2 aromatic carbocycles. The lowest BCUT2D eigenvalue weighted by Gasteiger charge is -2.08. The number of nitrogens with zero attached hydrogens (tertiary/aromatic N) is 1. The van der Waals surface area contributed by atoms with Crippen molar-refractivity contribution < 1.29 is 14.2 Å². The molecule has 0 aliphatic rings. The molecule has 0 bridgehead atoms. The number of halogens is 1. The van der Waals surface area contributed by atoms with Gasteiger partial charge in [-0.25, -0.2) is 4.39 Å². The second-order valence-corrected chi connectivity index (χ2v) is 4.38. The van der Waals surface area contributed by atoms with Crippen LogP contribution in [0.4, 0.5) is 4.39 Å². The third-order valence-corrected chi connectivity index (χ3v) is 2.98. The van der Waals surface area contributed by atoms with Gasteiger partial charge in [-0.15, -0.1) is 0 Å². The summed E-state index contributed by atoms with van der Waals surface area (Å²) in [6.07, 6.45) is 1.70. The highest BCUT2D eigenvalue weighted by Crippen LogP contribution is 2.27. The third-order valence-electron chi connectivity index (χ3n) is 2.98. The molecule has 4 heteroatoms. The molecular formula is C16H12FNO2. The quantitative estimate of drug-likeness (QED) is 0.789. The van der Waals surface area contributed by atoms with E-state index in [1.165, 1.54) is 12.1 Å². The van der Waals surface area contributed by atoms with Gasteiger partial charge in [-0.2, -0.15) is 0 Å². The van der Waals surface area contributed by atoms with Gasteiger partial charge in [0.15, 0.2) is 11.6 Å². The zero-order valence-electron chi connectivity index (χ0n) is 10.6.